The van der Waals surface area contributed by atoms with Gasteiger partial charge in [-0.2, -0.15) is 0 Å². The summed E-state index contributed by atoms with van der Waals surface area (Å²) in [7, 11) is 0. The molecule has 1 spiro atoms. The lowest BCUT2D eigenvalue weighted by Crippen LogP contribution is -2.40. The van der Waals surface area contributed by atoms with Gasteiger partial charge in [0.1, 0.15) is 5.69 Å². The Balaban J connectivity index is 1.36. The second-order valence-corrected chi connectivity index (χ2v) is 10.8. The summed E-state index contributed by atoms with van der Waals surface area (Å²) in [5.74, 6) is 0.917. The third-order valence-corrected chi connectivity index (χ3v) is 8.39. The van der Waals surface area contributed by atoms with Crippen LogP contribution in [0.25, 0.3) is 21.9 Å². The lowest BCUT2D eigenvalue weighted by Gasteiger charge is -2.31. The molecule has 0 N–H and O–H groups in total. The standard InChI is InChI=1S/C33H33NO/c1-4-32(3,5-2)19-23-15-16-25-20-33(21-26(25)17-23)22-34-30-18-29(24-11-7-6-8-12-24)27-13-9-10-14-28(27)31(30)35-33/h6-18,22H,4-5,19-21H2,1-3H3. The number of benzene rings is 4. The zero-order valence-electron chi connectivity index (χ0n) is 21.0. The van der Waals surface area contributed by atoms with E-state index in [1.54, 1.807) is 0 Å². The summed E-state index contributed by atoms with van der Waals surface area (Å²) < 4.78 is 6.90. The molecule has 1 aliphatic carbocycles. The SMILES string of the molecule is CCC(C)(CC)Cc1ccc2c(c1)CC1(C=Nc3cc(-c4ccccc4)c4ccccc4c3O1)C2. The van der Waals surface area contributed by atoms with Gasteiger partial charge in [-0.3, -0.25) is 4.99 Å². The Kier molecular flexibility index (Phi) is 5.29. The van der Waals surface area contributed by atoms with Gasteiger partial charge in [-0.15, -0.1) is 0 Å². The van der Waals surface area contributed by atoms with Gasteiger partial charge >= 0.3 is 0 Å². The zero-order chi connectivity index (χ0) is 24.0. The van der Waals surface area contributed by atoms with Crippen molar-refractivity contribution in [1.29, 1.82) is 0 Å². The van der Waals surface area contributed by atoms with Crippen molar-refractivity contribution in [3.8, 4) is 16.9 Å². The molecule has 4 aromatic rings. The molecule has 35 heavy (non-hydrogen) atoms. The fourth-order valence-corrected chi connectivity index (χ4v) is 5.80. The first-order valence-corrected chi connectivity index (χ1v) is 13.0. The smallest absolute Gasteiger partial charge is 0.154 e. The van der Waals surface area contributed by atoms with Crippen LogP contribution in [-0.4, -0.2) is 11.8 Å². The predicted molar refractivity (Wildman–Crippen MR) is 147 cm³/mol. The van der Waals surface area contributed by atoms with Gasteiger partial charge < -0.3 is 4.74 Å². The van der Waals surface area contributed by atoms with Crippen molar-refractivity contribution < 1.29 is 4.74 Å². The minimum atomic E-state index is -0.399. The third-order valence-electron chi connectivity index (χ3n) is 8.39. The van der Waals surface area contributed by atoms with E-state index in [1.807, 2.05) is 0 Å². The summed E-state index contributed by atoms with van der Waals surface area (Å²) in [6, 6.07) is 28.4. The lowest BCUT2D eigenvalue weighted by molar-refractivity contribution is 0.157. The summed E-state index contributed by atoms with van der Waals surface area (Å²) in [6.45, 7) is 7.02. The first-order chi connectivity index (χ1) is 17.0. The molecule has 2 nitrogen and oxygen atoms in total. The van der Waals surface area contributed by atoms with Crippen molar-refractivity contribution in [2.45, 2.75) is 58.5 Å². The van der Waals surface area contributed by atoms with Crippen molar-refractivity contribution in [3.63, 3.8) is 0 Å². The fourth-order valence-electron chi connectivity index (χ4n) is 5.80. The number of fused-ring (bicyclic) bond motifs is 4. The molecule has 0 radical (unpaired) electrons. The molecule has 176 valence electrons. The van der Waals surface area contributed by atoms with Gasteiger partial charge in [0.05, 0.1) is 0 Å². The fraction of sp³-hybridized carbons (Fsp3) is 0.303. The molecule has 0 fully saturated rings. The van der Waals surface area contributed by atoms with E-state index in [2.05, 4.69) is 106 Å². The molecule has 2 aliphatic rings. The summed E-state index contributed by atoms with van der Waals surface area (Å²) in [5, 5.41) is 2.35. The Morgan fingerprint density at radius 1 is 0.829 bits per heavy atom. The first kappa shape index (κ1) is 22.1. The molecule has 0 bridgehead atoms. The van der Waals surface area contributed by atoms with E-state index in [4.69, 9.17) is 9.73 Å². The van der Waals surface area contributed by atoms with Gasteiger partial charge in [-0.25, -0.2) is 0 Å². The summed E-state index contributed by atoms with van der Waals surface area (Å²) in [4.78, 5) is 5.01. The van der Waals surface area contributed by atoms with Crippen LogP contribution in [0.15, 0.2) is 83.9 Å². The molecule has 0 aromatic heterocycles. The van der Waals surface area contributed by atoms with Crippen LogP contribution < -0.4 is 4.74 Å². The molecule has 0 saturated carbocycles. The largest absolute Gasteiger partial charge is 0.478 e. The number of hydrogen-bond acceptors (Lipinski definition) is 2. The molecule has 0 saturated heterocycles. The first-order valence-electron chi connectivity index (χ1n) is 13.0. The Labute approximate surface area is 208 Å². The van der Waals surface area contributed by atoms with Crippen molar-refractivity contribution >= 4 is 22.7 Å². The van der Waals surface area contributed by atoms with Gasteiger partial charge in [0, 0.05) is 24.4 Å². The highest BCUT2D eigenvalue weighted by molar-refractivity contribution is 6.04. The molecule has 0 amide bonds. The molecule has 4 aromatic carbocycles. The van der Waals surface area contributed by atoms with Crippen LogP contribution in [0.3, 0.4) is 0 Å². The Morgan fingerprint density at radius 2 is 1.54 bits per heavy atom. The number of aliphatic imine (C=N–C) groups is 1. The van der Waals surface area contributed by atoms with Gasteiger partial charge in [-0.05, 0) is 51.1 Å². The second kappa shape index (κ2) is 8.37. The molecule has 1 aliphatic heterocycles. The molecular formula is C33H33NO. The van der Waals surface area contributed by atoms with Crippen LogP contribution in [-0.2, 0) is 19.3 Å². The highest BCUT2D eigenvalue weighted by atomic mass is 16.5. The van der Waals surface area contributed by atoms with Gasteiger partial charge in [0.25, 0.3) is 0 Å². The van der Waals surface area contributed by atoms with Crippen LogP contribution >= 0.6 is 0 Å². The Morgan fingerprint density at radius 3 is 2.31 bits per heavy atom. The van der Waals surface area contributed by atoms with Crippen molar-refractivity contribution in [1.82, 2.24) is 0 Å². The van der Waals surface area contributed by atoms with Crippen LogP contribution in [0.2, 0.25) is 0 Å². The highest BCUT2D eigenvalue weighted by Gasteiger charge is 2.41. The van der Waals surface area contributed by atoms with E-state index >= 15 is 0 Å². The number of ether oxygens (including phenoxy) is 1. The number of rotatable bonds is 5. The Bertz CT molecular complexity index is 1430. The van der Waals surface area contributed by atoms with E-state index in [1.165, 1.54) is 46.0 Å². The quantitative estimate of drug-likeness (QED) is 0.293. The van der Waals surface area contributed by atoms with E-state index in [0.717, 1.165) is 36.1 Å². The average Bonchev–Trinajstić information content (AvgIpc) is 3.25. The molecule has 1 atom stereocenters. The average molecular weight is 460 g/mol. The third kappa shape index (κ3) is 3.86. The van der Waals surface area contributed by atoms with Crippen molar-refractivity contribution in [3.05, 3.63) is 95.6 Å². The van der Waals surface area contributed by atoms with Gasteiger partial charge in [-0.1, -0.05) is 106 Å². The van der Waals surface area contributed by atoms with Gasteiger partial charge in [0.2, 0.25) is 0 Å². The maximum Gasteiger partial charge on any atom is 0.154 e. The maximum atomic E-state index is 6.90. The molecule has 1 unspecified atom stereocenters. The minimum absolute atomic E-state index is 0.363. The molecule has 6 rings (SSSR count). The van der Waals surface area contributed by atoms with E-state index in [-0.39, 0.29) is 0 Å². The molecular weight excluding hydrogens is 426 g/mol. The molecule has 2 heteroatoms. The van der Waals surface area contributed by atoms with Crippen molar-refractivity contribution in [2.75, 3.05) is 0 Å². The summed E-state index contributed by atoms with van der Waals surface area (Å²) in [5.41, 5.74) is 7.54. The zero-order valence-corrected chi connectivity index (χ0v) is 21.0. The number of hydrogen-bond donors (Lipinski definition) is 0. The van der Waals surface area contributed by atoms with Crippen LogP contribution in [0, 0.1) is 5.41 Å². The van der Waals surface area contributed by atoms with E-state index < -0.39 is 5.60 Å². The predicted octanol–water partition coefficient (Wildman–Crippen LogP) is 8.51. The normalized spacial score (nSPS) is 18.5. The van der Waals surface area contributed by atoms with Crippen LogP contribution in [0.4, 0.5) is 5.69 Å². The lowest BCUT2D eigenvalue weighted by atomic mass is 9.79. The number of nitrogens with zero attached hydrogens (tertiary/aromatic N) is 1. The van der Waals surface area contributed by atoms with Crippen LogP contribution in [0.5, 0.6) is 5.75 Å². The van der Waals surface area contributed by atoms with Crippen LogP contribution in [0.1, 0.15) is 50.3 Å². The minimum Gasteiger partial charge on any atom is -0.478 e. The summed E-state index contributed by atoms with van der Waals surface area (Å²) in [6.07, 6.45) is 7.36. The molecule has 1 heterocycles. The van der Waals surface area contributed by atoms with E-state index in [0.29, 0.717) is 5.41 Å². The topological polar surface area (TPSA) is 21.6 Å². The maximum absolute atomic E-state index is 6.90. The second-order valence-electron chi connectivity index (χ2n) is 10.8. The monoisotopic (exact) mass is 459 g/mol. The summed E-state index contributed by atoms with van der Waals surface area (Å²) >= 11 is 0. The van der Waals surface area contributed by atoms with E-state index in [9.17, 15) is 0 Å². The van der Waals surface area contributed by atoms with Crippen molar-refractivity contribution in [2.24, 2.45) is 10.4 Å². The van der Waals surface area contributed by atoms with Gasteiger partial charge in [0.15, 0.2) is 11.4 Å². The highest BCUT2D eigenvalue weighted by Crippen LogP contribution is 2.47. The Hall–Kier alpha value is -3.39.